The van der Waals surface area contributed by atoms with Gasteiger partial charge in [0.05, 0.1) is 6.54 Å². The molecule has 2 heterocycles. The Morgan fingerprint density at radius 1 is 1.19 bits per heavy atom. The fourth-order valence-electron chi connectivity index (χ4n) is 1.50. The predicted molar refractivity (Wildman–Crippen MR) is 67.9 cm³/mol. The van der Waals surface area contributed by atoms with Crippen molar-refractivity contribution in [1.29, 1.82) is 0 Å². The number of aromatic nitrogens is 2. The molecule has 2 aromatic rings. The van der Waals surface area contributed by atoms with Crippen LogP contribution in [0.4, 0.5) is 5.82 Å². The van der Waals surface area contributed by atoms with Crippen molar-refractivity contribution in [2.75, 3.05) is 11.9 Å². The Morgan fingerprint density at radius 3 is 2.62 bits per heavy atom. The van der Waals surface area contributed by atoms with Gasteiger partial charge in [0.25, 0.3) is 0 Å². The number of aryl methyl sites for hydroxylation is 2. The number of hydrogen-bond acceptors (Lipinski definition) is 4. The molecule has 2 rings (SSSR count). The zero-order valence-corrected chi connectivity index (χ0v) is 10.6. The summed E-state index contributed by atoms with van der Waals surface area (Å²) in [5, 5.41) is 3.20. The third-order valence-corrected chi connectivity index (χ3v) is 3.26. The second kappa shape index (κ2) is 4.61. The molecule has 0 spiro atoms. The van der Waals surface area contributed by atoms with E-state index in [0.717, 1.165) is 28.8 Å². The summed E-state index contributed by atoms with van der Waals surface area (Å²) >= 11 is 1.70. The van der Waals surface area contributed by atoms with Crippen molar-refractivity contribution in [2.24, 2.45) is 0 Å². The maximum absolute atomic E-state index is 4.48. The van der Waals surface area contributed by atoms with Crippen LogP contribution >= 0.6 is 11.3 Å². The molecule has 84 valence electrons. The average molecular weight is 233 g/mol. The van der Waals surface area contributed by atoms with Crippen molar-refractivity contribution >= 4 is 17.2 Å². The highest BCUT2D eigenvalue weighted by Gasteiger charge is 2.06. The van der Waals surface area contributed by atoms with Gasteiger partial charge in [-0.1, -0.05) is 6.07 Å². The minimum absolute atomic E-state index is 0.814. The minimum atomic E-state index is 0.814. The van der Waals surface area contributed by atoms with E-state index in [1.54, 1.807) is 11.3 Å². The van der Waals surface area contributed by atoms with Crippen LogP contribution in [0.5, 0.6) is 0 Å². The van der Waals surface area contributed by atoms with E-state index in [1.165, 1.54) is 0 Å². The third-order valence-electron chi connectivity index (χ3n) is 2.30. The summed E-state index contributed by atoms with van der Waals surface area (Å²) in [6.45, 7) is 4.84. The molecule has 0 aromatic carbocycles. The fraction of sp³-hybridized carbons (Fsp3) is 0.333. The molecule has 4 heteroatoms. The quantitative estimate of drug-likeness (QED) is 0.816. The first kappa shape index (κ1) is 11.1. The highest BCUT2D eigenvalue weighted by molar-refractivity contribution is 7.09. The van der Waals surface area contributed by atoms with Crippen molar-refractivity contribution < 1.29 is 0 Å². The van der Waals surface area contributed by atoms with Crippen LogP contribution in [0, 0.1) is 13.8 Å². The molecule has 0 bridgehead atoms. The number of thiazole rings is 1. The standard InChI is InChI=1S/C12H15N3S/c1-9-5-4-6-11(13-9)15(3)7-12-14-10(2)8-16-12/h4-6,8H,7H2,1-3H3. The number of anilines is 1. The molecule has 0 atom stereocenters. The molecule has 0 fully saturated rings. The van der Waals surface area contributed by atoms with Crippen molar-refractivity contribution in [3.05, 3.63) is 40.0 Å². The Labute approximate surface area is 99.8 Å². The SMILES string of the molecule is Cc1cccc(N(C)Cc2nc(C)cs2)n1. The maximum Gasteiger partial charge on any atom is 0.128 e. The Hall–Kier alpha value is -1.42. The Bertz CT molecular complexity index is 479. The van der Waals surface area contributed by atoms with Gasteiger partial charge in [0.2, 0.25) is 0 Å². The molecule has 0 aliphatic heterocycles. The zero-order chi connectivity index (χ0) is 11.5. The normalized spacial score (nSPS) is 10.4. The predicted octanol–water partition coefficient (Wildman–Crippen LogP) is 2.79. The Morgan fingerprint density at radius 2 is 2.00 bits per heavy atom. The van der Waals surface area contributed by atoms with Crippen LogP contribution in [-0.2, 0) is 6.54 Å². The molecule has 0 unspecified atom stereocenters. The van der Waals surface area contributed by atoms with Gasteiger partial charge in [-0.3, -0.25) is 0 Å². The van der Waals surface area contributed by atoms with Gasteiger partial charge in [-0.25, -0.2) is 9.97 Å². The van der Waals surface area contributed by atoms with E-state index >= 15 is 0 Å². The first-order valence-corrected chi connectivity index (χ1v) is 6.09. The molecule has 0 saturated heterocycles. The second-order valence-corrected chi connectivity index (χ2v) is 4.82. The van der Waals surface area contributed by atoms with Gasteiger partial charge in [-0.15, -0.1) is 11.3 Å². The van der Waals surface area contributed by atoms with Crippen LogP contribution in [0.3, 0.4) is 0 Å². The van der Waals surface area contributed by atoms with E-state index in [1.807, 2.05) is 39.1 Å². The van der Waals surface area contributed by atoms with E-state index < -0.39 is 0 Å². The van der Waals surface area contributed by atoms with Crippen molar-refractivity contribution in [3.8, 4) is 0 Å². The molecule has 0 saturated carbocycles. The maximum atomic E-state index is 4.48. The molecule has 0 aliphatic rings. The molecular weight excluding hydrogens is 218 g/mol. The van der Waals surface area contributed by atoms with E-state index in [0.29, 0.717) is 0 Å². The van der Waals surface area contributed by atoms with E-state index in [4.69, 9.17) is 0 Å². The second-order valence-electron chi connectivity index (χ2n) is 3.88. The minimum Gasteiger partial charge on any atom is -0.353 e. The van der Waals surface area contributed by atoms with Crippen LogP contribution < -0.4 is 4.90 Å². The van der Waals surface area contributed by atoms with Crippen molar-refractivity contribution in [2.45, 2.75) is 20.4 Å². The lowest BCUT2D eigenvalue weighted by molar-refractivity contribution is 0.879. The molecule has 2 aromatic heterocycles. The fourth-order valence-corrected chi connectivity index (χ4v) is 2.32. The van der Waals surface area contributed by atoms with Crippen LogP contribution in [0.15, 0.2) is 23.6 Å². The van der Waals surface area contributed by atoms with Crippen LogP contribution in [0.25, 0.3) is 0 Å². The molecule has 0 amide bonds. The van der Waals surface area contributed by atoms with Gasteiger partial charge in [-0.05, 0) is 26.0 Å². The van der Waals surface area contributed by atoms with Gasteiger partial charge in [0.1, 0.15) is 10.8 Å². The Kier molecular flexibility index (Phi) is 3.19. The molecular formula is C12H15N3S. The van der Waals surface area contributed by atoms with Gasteiger partial charge in [0.15, 0.2) is 0 Å². The van der Waals surface area contributed by atoms with E-state index in [9.17, 15) is 0 Å². The number of hydrogen-bond donors (Lipinski definition) is 0. The average Bonchev–Trinajstić information content (AvgIpc) is 2.64. The summed E-state index contributed by atoms with van der Waals surface area (Å²) in [7, 11) is 2.04. The van der Waals surface area contributed by atoms with Crippen LogP contribution in [0.2, 0.25) is 0 Å². The zero-order valence-electron chi connectivity index (χ0n) is 9.77. The lowest BCUT2D eigenvalue weighted by Crippen LogP contribution is -2.17. The van der Waals surface area contributed by atoms with E-state index in [2.05, 4.69) is 20.2 Å². The first-order valence-electron chi connectivity index (χ1n) is 5.21. The summed E-state index contributed by atoms with van der Waals surface area (Å²) in [5.74, 6) is 0.993. The molecule has 0 N–H and O–H groups in total. The monoisotopic (exact) mass is 233 g/mol. The van der Waals surface area contributed by atoms with Gasteiger partial charge in [-0.2, -0.15) is 0 Å². The summed E-state index contributed by atoms with van der Waals surface area (Å²) in [6.07, 6.45) is 0. The number of rotatable bonds is 3. The van der Waals surface area contributed by atoms with Gasteiger partial charge >= 0.3 is 0 Å². The van der Waals surface area contributed by atoms with Crippen molar-refractivity contribution in [3.63, 3.8) is 0 Å². The molecule has 0 radical (unpaired) electrons. The summed E-state index contributed by atoms with van der Waals surface area (Å²) in [5.41, 5.74) is 2.13. The Balaban J connectivity index is 2.11. The molecule has 16 heavy (non-hydrogen) atoms. The molecule has 3 nitrogen and oxygen atoms in total. The summed E-state index contributed by atoms with van der Waals surface area (Å²) in [4.78, 5) is 11.0. The summed E-state index contributed by atoms with van der Waals surface area (Å²) in [6, 6.07) is 6.06. The summed E-state index contributed by atoms with van der Waals surface area (Å²) < 4.78 is 0. The topological polar surface area (TPSA) is 29.0 Å². The smallest absolute Gasteiger partial charge is 0.128 e. The number of pyridine rings is 1. The number of nitrogens with zero attached hydrogens (tertiary/aromatic N) is 3. The molecule has 0 aliphatic carbocycles. The van der Waals surface area contributed by atoms with Crippen LogP contribution in [-0.4, -0.2) is 17.0 Å². The van der Waals surface area contributed by atoms with Crippen LogP contribution in [0.1, 0.15) is 16.4 Å². The lowest BCUT2D eigenvalue weighted by atomic mass is 10.3. The first-order chi connectivity index (χ1) is 7.65. The van der Waals surface area contributed by atoms with Crippen molar-refractivity contribution in [1.82, 2.24) is 9.97 Å². The van der Waals surface area contributed by atoms with Gasteiger partial charge in [0, 0.05) is 23.8 Å². The third kappa shape index (κ3) is 2.58. The van der Waals surface area contributed by atoms with Gasteiger partial charge < -0.3 is 4.90 Å². The largest absolute Gasteiger partial charge is 0.353 e. The van der Waals surface area contributed by atoms with E-state index in [-0.39, 0.29) is 0 Å². The lowest BCUT2D eigenvalue weighted by Gasteiger charge is -2.16. The highest BCUT2D eigenvalue weighted by atomic mass is 32.1. The highest BCUT2D eigenvalue weighted by Crippen LogP contribution is 2.15.